The van der Waals surface area contributed by atoms with Gasteiger partial charge in [0.2, 0.25) is 5.91 Å². The second kappa shape index (κ2) is 11.4. The maximum Gasteiger partial charge on any atom is 0.248 e. The number of nitrogens with zero attached hydrogens (tertiary/aromatic N) is 1. The molecule has 5 heteroatoms. The Kier molecular flexibility index (Phi) is 7.87. The lowest BCUT2D eigenvalue weighted by molar-refractivity contribution is -0.111. The van der Waals surface area contributed by atoms with Gasteiger partial charge in [-0.15, -0.1) is 0 Å². The molecule has 1 amide bonds. The molecule has 1 saturated heterocycles. The van der Waals surface area contributed by atoms with Crippen LogP contribution >= 0.6 is 0 Å². The summed E-state index contributed by atoms with van der Waals surface area (Å²) in [4.78, 5) is 14.8. The molecule has 0 bridgehead atoms. The largest absolute Gasteiger partial charge is 0.493 e. The first-order valence-electron chi connectivity index (χ1n) is 11.8. The van der Waals surface area contributed by atoms with Crippen molar-refractivity contribution < 1.29 is 14.3 Å². The minimum atomic E-state index is -0.176. The molecule has 4 rings (SSSR count). The first-order valence-corrected chi connectivity index (χ1v) is 11.8. The number of rotatable bonds is 8. The lowest BCUT2D eigenvalue weighted by Gasteiger charge is -2.28. The summed E-state index contributed by atoms with van der Waals surface area (Å²) < 4.78 is 11.5. The predicted molar refractivity (Wildman–Crippen MR) is 139 cm³/mol. The van der Waals surface area contributed by atoms with Gasteiger partial charge in [-0.3, -0.25) is 4.79 Å². The van der Waals surface area contributed by atoms with Crippen LogP contribution in [0.1, 0.15) is 36.0 Å². The van der Waals surface area contributed by atoms with Crippen molar-refractivity contribution in [1.29, 1.82) is 0 Å². The van der Waals surface area contributed by atoms with Gasteiger partial charge in [0.25, 0.3) is 0 Å². The van der Waals surface area contributed by atoms with Gasteiger partial charge in [0.15, 0.2) is 11.5 Å². The molecule has 176 valence electrons. The van der Waals surface area contributed by atoms with Crippen LogP contribution in [0.2, 0.25) is 0 Å². The third-order valence-electron chi connectivity index (χ3n) is 6.12. The van der Waals surface area contributed by atoms with Crippen molar-refractivity contribution in [3.8, 4) is 11.5 Å². The fourth-order valence-corrected chi connectivity index (χ4v) is 4.10. The number of hydrogen-bond acceptors (Lipinski definition) is 4. The highest BCUT2D eigenvalue weighted by Crippen LogP contribution is 2.29. The molecule has 0 aromatic heterocycles. The third kappa shape index (κ3) is 6.19. The number of nitrogens with one attached hydrogen (secondary N) is 1. The Balaban J connectivity index is 1.34. The lowest BCUT2D eigenvalue weighted by Crippen LogP contribution is -2.29. The van der Waals surface area contributed by atoms with E-state index in [-0.39, 0.29) is 5.91 Å². The molecule has 0 unspecified atom stereocenters. The van der Waals surface area contributed by atoms with E-state index in [1.807, 2.05) is 42.5 Å². The zero-order valence-electron chi connectivity index (χ0n) is 19.9. The molecule has 3 aromatic rings. The van der Waals surface area contributed by atoms with Gasteiger partial charge in [0, 0.05) is 30.5 Å². The van der Waals surface area contributed by atoms with Crippen LogP contribution in [0.3, 0.4) is 0 Å². The maximum absolute atomic E-state index is 12.4. The Labute approximate surface area is 202 Å². The zero-order valence-corrected chi connectivity index (χ0v) is 19.9. The van der Waals surface area contributed by atoms with Gasteiger partial charge in [0.05, 0.1) is 7.11 Å². The number of anilines is 2. The van der Waals surface area contributed by atoms with E-state index >= 15 is 0 Å². The molecule has 1 N–H and O–H groups in total. The molecule has 0 spiro atoms. The van der Waals surface area contributed by atoms with Gasteiger partial charge in [0.1, 0.15) is 6.61 Å². The molecular formula is C29H32N2O3. The maximum atomic E-state index is 12.4. The molecule has 5 nitrogen and oxygen atoms in total. The second-order valence-corrected chi connectivity index (χ2v) is 8.54. The van der Waals surface area contributed by atoms with Crippen molar-refractivity contribution in [1.82, 2.24) is 0 Å². The number of aryl methyl sites for hydroxylation is 1. The van der Waals surface area contributed by atoms with E-state index in [1.165, 1.54) is 36.6 Å². The Hall–Kier alpha value is -3.73. The monoisotopic (exact) mass is 456 g/mol. The number of ether oxygens (including phenoxy) is 2. The molecule has 1 aliphatic rings. The number of piperidine rings is 1. The fraction of sp³-hybridized carbons (Fsp3) is 0.276. The summed E-state index contributed by atoms with van der Waals surface area (Å²) in [6, 6.07) is 21.9. The minimum absolute atomic E-state index is 0.176. The fourth-order valence-electron chi connectivity index (χ4n) is 4.10. The number of carbonyl (C=O) groups is 1. The molecule has 1 aliphatic heterocycles. The van der Waals surface area contributed by atoms with E-state index < -0.39 is 0 Å². The van der Waals surface area contributed by atoms with E-state index in [9.17, 15) is 4.79 Å². The SMILES string of the molecule is COc1cc(/C=C/C(=O)Nc2ccc(N3CCCCC3)cc2)ccc1OCc1ccccc1C. The minimum Gasteiger partial charge on any atom is -0.493 e. The van der Waals surface area contributed by atoms with Crippen molar-refractivity contribution in [2.75, 3.05) is 30.4 Å². The number of carbonyl (C=O) groups excluding carboxylic acids is 1. The van der Waals surface area contributed by atoms with Gasteiger partial charge < -0.3 is 19.7 Å². The summed E-state index contributed by atoms with van der Waals surface area (Å²) in [6.45, 7) is 4.75. The summed E-state index contributed by atoms with van der Waals surface area (Å²) in [5.41, 5.74) is 5.18. The molecule has 0 radical (unpaired) electrons. The summed E-state index contributed by atoms with van der Waals surface area (Å²) in [7, 11) is 1.61. The summed E-state index contributed by atoms with van der Waals surface area (Å²) in [6.07, 6.45) is 7.10. The normalized spacial score (nSPS) is 13.6. The highest BCUT2D eigenvalue weighted by Gasteiger charge is 2.11. The zero-order chi connectivity index (χ0) is 23.8. The van der Waals surface area contributed by atoms with Crippen LogP contribution in [0.4, 0.5) is 11.4 Å². The molecule has 0 saturated carbocycles. The van der Waals surface area contributed by atoms with Crippen LogP contribution in [-0.2, 0) is 11.4 Å². The van der Waals surface area contributed by atoms with Crippen LogP contribution < -0.4 is 19.7 Å². The Morgan fingerprint density at radius 3 is 2.47 bits per heavy atom. The topological polar surface area (TPSA) is 50.8 Å². The highest BCUT2D eigenvalue weighted by molar-refractivity contribution is 6.02. The first kappa shape index (κ1) is 23.4. The van der Waals surface area contributed by atoms with Crippen LogP contribution in [0.5, 0.6) is 11.5 Å². The van der Waals surface area contributed by atoms with E-state index in [0.717, 1.165) is 29.9 Å². The van der Waals surface area contributed by atoms with Crippen LogP contribution in [0.25, 0.3) is 6.08 Å². The van der Waals surface area contributed by atoms with Crippen molar-refractivity contribution >= 4 is 23.4 Å². The Morgan fingerprint density at radius 1 is 0.971 bits per heavy atom. The van der Waals surface area contributed by atoms with Gasteiger partial charge >= 0.3 is 0 Å². The molecular weight excluding hydrogens is 424 g/mol. The Bertz CT molecular complexity index is 1130. The molecule has 34 heavy (non-hydrogen) atoms. The Morgan fingerprint density at radius 2 is 1.74 bits per heavy atom. The standard InChI is InChI=1S/C29H32N2O3/c1-22-8-4-5-9-24(22)21-34-27-16-10-23(20-28(27)33-2)11-17-29(32)30-25-12-14-26(15-13-25)31-18-6-3-7-19-31/h4-5,8-17,20H,3,6-7,18-19,21H2,1-2H3,(H,30,32)/b17-11+. The van der Waals surface area contributed by atoms with E-state index in [0.29, 0.717) is 18.1 Å². The average molecular weight is 457 g/mol. The van der Waals surface area contributed by atoms with Crippen molar-refractivity contribution in [2.45, 2.75) is 32.8 Å². The van der Waals surface area contributed by atoms with Crippen LogP contribution in [-0.4, -0.2) is 26.1 Å². The smallest absolute Gasteiger partial charge is 0.248 e. The summed E-state index contributed by atoms with van der Waals surface area (Å²) in [5, 5.41) is 2.93. The van der Waals surface area contributed by atoms with Gasteiger partial charge in [-0.2, -0.15) is 0 Å². The van der Waals surface area contributed by atoms with E-state index in [4.69, 9.17) is 9.47 Å². The van der Waals surface area contributed by atoms with Gasteiger partial charge in [-0.1, -0.05) is 30.3 Å². The number of hydrogen-bond donors (Lipinski definition) is 1. The molecule has 0 atom stereocenters. The predicted octanol–water partition coefficient (Wildman–Crippen LogP) is 6.22. The van der Waals surface area contributed by atoms with E-state index in [1.54, 1.807) is 13.2 Å². The second-order valence-electron chi connectivity index (χ2n) is 8.54. The van der Waals surface area contributed by atoms with E-state index in [2.05, 4.69) is 41.4 Å². The van der Waals surface area contributed by atoms with Crippen molar-refractivity contribution in [3.63, 3.8) is 0 Å². The summed E-state index contributed by atoms with van der Waals surface area (Å²) >= 11 is 0. The molecule has 1 fully saturated rings. The highest BCUT2D eigenvalue weighted by atomic mass is 16.5. The molecule has 1 heterocycles. The molecule has 3 aromatic carbocycles. The van der Waals surface area contributed by atoms with Crippen LogP contribution in [0.15, 0.2) is 72.8 Å². The van der Waals surface area contributed by atoms with Gasteiger partial charge in [-0.05, 0) is 85.4 Å². The number of methoxy groups -OCH3 is 1. The third-order valence-corrected chi connectivity index (χ3v) is 6.12. The quantitative estimate of drug-likeness (QED) is 0.409. The average Bonchev–Trinajstić information content (AvgIpc) is 2.88. The summed E-state index contributed by atoms with van der Waals surface area (Å²) in [5.74, 6) is 1.12. The molecule has 0 aliphatic carbocycles. The van der Waals surface area contributed by atoms with Crippen LogP contribution in [0, 0.1) is 6.92 Å². The first-order chi connectivity index (χ1) is 16.6. The van der Waals surface area contributed by atoms with Gasteiger partial charge in [-0.25, -0.2) is 0 Å². The van der Waals surface area contributed by atoms with Crippen molar-refractivity contribution in [3.05, 3.63) is 89.5 Å². The lowest BCUT2D eigenvalue weighted by atomic mass is 10.1. The number of benzene rings is 3. The van der Waals surface area contributed by atoms with Crippen molar-refractivity contribution in [2.24, 2.45) is 0 Å². The number of amides is 1.